The first-order valence-corrected chi connectivity index (χ1v) is 9.69. The van der Waals surface area contributed by atoms with Crippen LogP contribution in [0.3, 0.4) is 0 Å². The molecule has 0 radical (unpaired) electrons. The maximum Gasteiger partial charge on any atom is 0.220 e. The molecule has 0 aliphatic heterocycles. The first-order valence-electron chi connectivity index (χ1n) is 9.69. The molecule has 4 nitrogen and oxygen atoms in total. The van der Waals surface area contributed by atoms with E-state index in [-0.39, 0.29) is 5.91 Å². The Labute approximate surface area is 159 Å². The average molecular weight is 362 g/mol. The third-order valence-electron chi connectivity index (χ3n) is 5.51. The van der Waals surface area contributed by atoms with Gasteiger partial charge in [-0.1, -0.05) is 18.2 Å². The van der Waals surface area contributed by atoms with Gasteiger partial charge in [0.05, 0.1) is 7.11 Å². The molecule has 1 aliphatic carbocycles. The van der Waals surface area contributed by atoms with E-state index in [1.54, 1.807) is 7.11 Å². The van der Waals surface area contributed by atoms with Gasteiger partial charge < -0.3 is 15.0 Å². The molecule has 4 rings (SSSR count). The molecule has 2 aromatic carbocycles. The number of methoxy groups -OCH3 is 1. The summed E-state index contributed by atoms with van der Waals surface area (Å²) in [6.07, 6.45) is 3.70. The molecule has 27 heavy (non-hydrogen) atoms. The molecule has 1 unspecified atom stereocenters. The molecule has 1 atom stereocenters. The van der Waals surface area contributed by atoms with Crippen molar-refractivity contribution in [2.75, 3.05) is 7.11 Å². The Hall–Kier alpha value is -2.75. The Balaban J connectivity index is 1.58. The number of aryl methyl sites for hydroxylation is 1. The molecular formula is C23H26N2O2. The molecule has 140 valence electrons. The summed E-state index contributed by atoms with van der Waals surface area (Å²) in [5.41, 5.74) is 4.49. The lowest BCUT2D eigenvalue weighted by Crippen LogP contribution is -2.34. The first-order chi connectivity index (χ1) is 13.2. The quantitative estimate of drug-likeness (QED) is 0.640. The Morgan fingerprint density at radius 1 is 1.19 bits per heavy atom. The number of amides is 1. The normalized spacial score (nSPS) is 14.9. The van der Waals surface area contributed by atoms with Crippen LogP contribution in [0.1, 0.15) is 31.7 Å². The van der Waals surface area contributed by atoms with Crippen LogP contribution in [0, 0.1) is 5.92 Å². The van der Waals surface area contributed by atoms with Gasteiger partial charge in [-0.25, -0.2) is 0 Å². The molecule has 1 aromatic heterocycles. The summed E-state index contributed by atoms with van der Waals surface area (Å²) in [7, 11) is 1.67. The number of carbonyl (C=O) groups excluding carboxylic acids is 1. The number of aromatic amines is 1. The Kier molecular flexibility index (Phi) is 4.88. The van der Waals surface area contributed by atoms with E-state index >= 15 is 0 Å². The van der Waals surface area contributed by atoms with E-state index in [2.05, 4.69) is 41.5 Å². The molecule has 0 spiro atoms. The van der Waals surface area contributed by atoms with Crippen molar-refractivity contribution in [2.45, 2.75) is 38.6 Å². The Morgan fingerprint density at radius 3 is 2.63 bits per heavy atom. The van der Waals surface area contributed by atoms with Gasteiger partial charge >= 0.3 is 0 Å². The highest BCUT2D eigenvalue weighted by Crippen LogP contribution is 2.33. The molecule has 1 heterocycles. The number of carbonyl (C=O) groups is 1. The molecule has 0 bridgehead atoms. The molecule has 1 fully saturated rings. The number of ether oxygens (including phenoxy) is 1. The lowest BCUT2D eigenvalue weighted by molar-refractivity contribution is -0.121. The smallest absolute Gasteiger partial charge is 0.220 e. The van der Waals surface area contributed by atoms with Crippen molar-refractivity contribution >= 4 is 16.8 Å². The van der Waals surface area contributed by atoms with Crippen LogP contribution in [0.15, 0.2) is 48.5 Å². The van der Waals surface area contributed by atoms with E-state index in [1.807, 2.05) is 24.3 Å². The molecule has 3 aromatic rings. The number of rotatable bonds is 7. The van der Waals surface area contributed by atoms with Crippen LogP contribution in [0.4, 0.5) is 0 Å². The molecule has 1 amide bonds. The fourth-order valence-corrected chi connectivity index (χ4v) is 3.74. The molecule has 1 aliphatic rings. The van der Waals surface area contributed by atoms with Crippen molar-refractivity contribution in [3.63, 3.8) is 0 Å². The summed E-state index contributed by atoms with van der Waals surface area (Å²) < 4.78 is 5.27. The van der Waals surface area contributed by atoms with Gasteiger partial charge in [-0.05, 0) is 73.6 Å². The maximum absolute atomic E-state index is 12.4. The molecule has 4 heteroatoms. The number of hydrogen-bond donors (Lipinski definition) is 2. The SMILES string of the molecule is COc1ccc(-c2[nH]c3ccccc3c2CCC(=O)NC(C)C2CC2)cc1. The second-order valence-corrected chi connectivity index (χ2v) is 7.45. The number of para-hydroxylation sites is 1. The van der Waals surface area contributed by atoms with Crippen molar-refractivity contribution in [1.29, 1.82) is 0 Å². The van der Waals surface area contributed by atoms with Gasteiger partial charge in [-0.15, -0.1) is 0 Å². The van der Waals surface area contributed by atoms with Crippen molar-refractivity contribution in [2.24, 2.45) is 5.92 Å². The van der Waals surface area contributed by atoms with E-state index in [0.717, 1.165) is 22.5 Å². The second-order valence-electron chi connectivity index (χ2n) is 7.45. The minimum Gasteiger partial charge on any atom is -0.497 e. The molecule has 0 saturated heterocycles. The van der Waals surface area contributed by atoms with E-state index in [4.69, 9.17) is 4.74 Å². The highest BCUT2D eigenvalue weighted by atomic mass is 16.5. The summed E-state index contributed by atoms with van der Waals surface area (Å²) in [5, 5.41) is 4.35. The topological polar surface area (TPSA) is 54.1 Å². The largest absolute Gasteiger partial charge is 0.497 e. The van der Waals surface area contributed by atoms with Crippen molar-refractivity contribution in [3.8, 4) is 17.0 Å². The predicted octanol–water partition coefficient (Wildman–Crippen LogP) is 4.69. The van der Waals surface area contributed by atoms with Crippen LogP contribution in [-0.2, 0) is 11.2 Å². The van der Waals surface area contributed by atoms with E-state index in [9.17, 15) is 4.79 Å². The molecule has 1 saturated carbocycles. The monoisotopic (exact) mass is 362 g/mol. The standard InChI is InChI=1S/C23H26N2O2/c1-15(16-7-8-16)24-22(26)14-13-20-19-5-3-4-6-21(19)25-23(20)17-9-11-18(27-2)12-10-17/h3-6,9-12,15-16,25H,7-8,13-14H2,1-2H3,(H,24,26). The van der Waals surface area contributed by atoms with Crippen molar-refractivity contribution in [3.05, 3.63) is 54.1 Å². The molecular weight excluding hydrogens is 336 g/mol. The number of H-pyrrole nitrogens is 1. The average Bonchev–Trinajstić information content (AvgIpc) is 3.48. The zero-order valence-corrected chi connectivity index (χ0v) is 15.9. The summed E-state index contributed by atoms with van der Waals surface area (Å²) in [6, 6.07) is 16.6. The fourth-order valence-electron chi connectivity index (χ4n) is 3.74. The van der Waals surface area contributed by atoms with Gasteiger partial charge in [-0.3, -0.25) is 4.79 Å². The van der Waals surface area contributed by atoms with Crippen LogP contribution >= 0.6 is 0 Å². The van der Waals surface area contributed by atoms with Crippen LogP contribution in [0.5, 0.6) is 5.75 Å². The molecule has 2 N–H and O–H groups in total. The zero-order chi connectivity index (χ0) is 18.8. The van der Waals surface area contributed by atoms with Crippen molar-refractivity contribution < 1.29 is 9.53 Å². The van der Waals surface area contributed by atoms with Crippen LogP contribution < -0.4 is 10.1 Å². The van der Waals surface area contributed by atoms with Crippen LogP contribution in [0.25, 0.3) is 22.2 Å². The van der Waals surface area contributed by atoms with Crippen LogP contribution in [-0.4, -0.2) is 24.0 Å². The van der Waals surface area contributed by atoms with Gasteiger partial charge in [0, 0.05) is 29.1 Å². The van der Waals surface area contributed by atoms with E-state index < -0.39 is 0 Å². The zero-order valence-electron chi connectivity index (χ0n) is 15.9. The van der Waals surface area contributed by atoms with Crippen LogP contribution in [0.2, 0.25) is 0 Å². The second kappa shape index (κ2) is 7.47. The van der Waals surface area contributed by atoms with Gasteiger partial charge in [0.25, 0.3) is 0 Å². The summed E-state index contributed by atoms with van der Waals surface area (Å²) in [6.45, 7) is 2.12. The Morgan fingerprint density at radius 2 is 1.93 bits per heavy atom. The van der Waals surface area contributed by atoms with E-state index in [0.29, 0.717) is 24.8 Å². The lowest BCUT2D eigenvalue weighted by Gasteiger charge is -2.13. The number of benzene rings is 2. The summed E-state index contributed by atoms with van der Waals surface area (Å²) >= 11 is 0. The van der Waals surface area contributed by atoms with Crippen molar-refractivity contribution in [1.82, 2.24) is 10.3 Å². The van der Waals surface area contributed by atoms with Gasteiger partial charge in [0.1, 0.15) is 5.75 Å². The summed E-state index contributed by atoms with van der Waals surface area (Å²) in [4.78, 5) is 15.9. The number of hydrogen-bond acceptors (Lipinski definition) is 2. The number of fused-ring (bicyclic) bond motifs is 1. The van der Waals surface area contributed by atoms with E-state index in [1.165, 1.54) is 23.8 Å². The van der Waals surface area contributed by atoms with Gasteiger partial charge in [0.2, 0.25) is 5.91 Å². The highest BCUT2D eigenvalue weighted by Gasteiger charge is 2.28. The first kappa shape index (κ1) is 17.7. The minimum absolute atomic E-state index is 0.139. The van der Waals surface area contributed by atoms with Gasteiger partial charge in [-0.2, -0.15) is 0 Å². The fraction of sp³-hybridized carbons (Fsp3) is 0.348. The maximum atomic E-state index is 12.4. The number of nitrogens with one attached hydrogen (secondary N) is 2. The predicted molar refractivity (Wildman–Crippen MR) is 109 cm³/mol. The third kappa shape index (κ3) is 3.85. The lowest BCUT2D eigenvalue weighted by atomic mass is 10.0. The van der Waals surface area contributed by atoms with Gasteiger partial charge in [0.15, 0.2) is 0 Å². The third-order valence-corrected chi connectivity index (χ3v) is 5.51. The summed E-state index contributed by atoms with van der Waals surface area (Å²) in [5.74, 6) is 1.65. The number of aromatic nitrogens is 1. The highest BCUT2D eigenvalue weighted by molar-refractivity contribution is 5.91. The minimum atomic E-state index is 0.139. The Bertz CT molecular complexity index is 939.